The number of hydrogen-bond donors (Lipinski definition) is 1. The van der Waals surface area contributed by atoms with Crippen molar-refractivity contribution in [3.63, 3.8) is 0 Å². The minimum absolute atomic E-state index is 0.0370. The highest BCUT2D eigenvalue weighted by Gasteiger charge is 2.35. The molecular formula is C12H13Cl2NO4S. The van der Waals surface area contributed by atoms with E-state index < -0.39 is 21.9 Å². The lowest BCUT2D eigenvalue weighted by Gasteiger charge is -2.30. The Hall–Kier alpha value is -0.820. The number of rotatable bonds is 3. The lowest BCUT2D eigenvalue weighted by atomic mass is 10.0. The number of hydrogen-bond acceptors (Lipinski definition) is 3. The van der Waals surface area contributed by atoms with Crippen LogP contribution in [-0.4, -0.2) is 36.9 Å². The second-order valence-electron chi connectivity index (χ2n) is 4.59. The summed E-state index contributed by atoms with van der Waals surface area (Å²) in [5, 5.41) is 9.10. The number of nitrogens with zero attached hydrogens (tertiary/aromatic N) is 1. The summed E-state index contributed by atoms with van der Waals surface area (Å²) in [6, 6.07) is 4.44. The summed E-state index contributed by atoms with van der Waals surface area (Å²) < 4.78 is 26.3. The lowest BCUT2D eigenvalue weighted by molar-refractivity contribution is -0.142. The largest absolute Gasteiger partial charge is 0.481 e. The van der Waals surface area contributed by atoms with Crippen LogP contribution in [0.25, 0.3) is 0 Å². The molecule has 1 aliphatic rings. The van der Waals surface area contributed by atoms with Crippen molar-refractivity contribution in [1.82, 2.24) is 4.31 Å². The van der Waals surface area contributed by atoms with Crippen LogP contribution in [0.5, 0.6) is 0 Å². The molecule has 1 aliphatic heterocycles. The topological polar surface area (TPSA) is 74.7 Å². The van der Waals surface area contributed by atoms with Crippen molar-refractivity contribution < 1.29 is 18.3 Å². The second-order valence-corrected chi connectivity index (χ2v) is 7.28. The molecule has 0 amide bonds. The number of sulfonamides is 1. The molecule has 1 aromatic rings. The predicted octanol–water partition coefficient (Wildman–Crippen LogP) is 2.48. The van der Waals surface area contributed by atoms with E-state index in [4.69, 9.17) is 28.3 Å². The van der Waals surface area contributed by atoms with Gasteiger partial charge in [-0.05, 0) is 25.0 Å². The van der Waals surface area contributed by atoms with Gasteiger partial charge in [-0.3, -0.25) is 4.79 Å². The van der Waals surface area contributed by atoms with Crippen molar-refractivity contribution in [2.24, 2.45) is 5.92 Å². The summed E-state index contributed by atoms with van der Waals surface area (Å²) in [6.07, 6.45) is 0.968. The average Bonchev–Trinajstić information content (AvgIpc) is 2.38. The average molecular weight is 338 g/mol. The van der Waals surface area contributed by atoms with Gasteiger partial charge in [0.1, 0.15) is 4.90 Å². The number of halogens is 2. The molecule has 1 unspecified atom stereocenters. The molecule has 2 rings (SSSR count). The third kappa shape index (κ3) is 2.93. The number of carbonyl (C=O) groups is 1. The van der Waals surface area contributed by atoms with Crippen molar-refractivity contribution in [2.75, 3.05) is 13.1 Å². The van der Waals surface area contributed by atoms with Gasteiger partial charge in [0.25, 0.3) is 0 Å². The summed E-state index contributed by atoms with van der Waals surface area (Å²) in [7, 11) is -3.88. The molecule has 0 saturated carbocycles. The van der Waals surface area contributed by atoms with E-state index in [0.29, 0.717) is 12.8 Å². The molecular weight excluding hydrogens is 325 g/mol. The number of carboxylic acid groups (broad SMARTS) is 1. The molecule has 0 radical (unpaired) electrons. The van der Waals surface area contributed by atoms with Crippen molar-refractivity contribution >= 4 is 39.2 Å². The fourth-order valence-corrected chi connectivity index (χ4v) is 4.84. The summed E-state index contributed by atoms with van der Waals surface area (Å²) in [4.78, 5) is 10.9. The Labute approximate surface area is 127 Å². The molecule has 20 heavy (non-hydrogen) atoms. The summed E-state index contributed by atoms with van der Waals surface area (Å²) in [6.45, 7) is 0.215. The van der Waals surface area contributed by atoms with Gasteiger partial charge < -0.3 is 5.11 Å². The first-order valence-electron chi connectivity index (χ1n) is 6.01. The van der Waals surface area contributed by atoms with Crippen LogP contribution in [0.3, 0.4) is 0 Å². The molecule has 1 N–H and O–H groups in total. The van der Waals surface area contributed by atoms with Gasteiger partial charge in [-0.1, -0.05) is 29.3 Å². The Kier molecular flexibility index (Phi) is 4.59. The molecule has 0 aromatic heterocycles. The maximum atomic E-state index is 12.6. The fourth-order valence-electron chi connectivity index (χ4n) is 2.22. The van der Waals surface area contributed by atoms with Crippen LogP contribution >= 0.6 is 23.2 Å². The summed E-state index contributed by atoms with van der Waals surface area (Å²) >= 11 is 11.9. The summed E-state index contributed by atoms with van der Waals surface area (Å²) in [5.74, 6) is -1.69. The van der Waals surface area contributed by atoms with Crippen molar-refractivity contribution in [1.29, 1.82) is 0 Å². The van der Waals surface area contributed by atoms with Crippen LogP contribution in [0, 0.1) is 5.92 Å². The van der Waals surface area contributed by atoms with Crippen LogP contribution in [0.1, 0.15) is 12.8 Å². The Bertz CT molecular complexity index is 612. The highest BCUT2D eigenvalue weighted by molar-refractivity contribution is 7.89. The first-order valence-corrected chi connectivity index (χ1v) is 8.20. The van der Waals surface area contributed by atoms with Gasteiger partial charge in [0.2, 0.25) is 10.0 Å². The molecule has 1 heterocycles. The van der Waals surface area contributed by atoms with Crippen LogP contribution < -0.4 is 0 Å². The Morgan fingerprint density at radius 3 is 2.45 bits per heavy atom. The Morgan fingerprint density at radius 1 is 1.30 bits per heavy atom. The van der Waals surface area contributed by atoms with E-state index in [1.165, 1.54) is 12.1 Å². The van der Waals surface area contributed by atoms with Crippen molar-refractivity contribution in [2.45, 2.75) is 17.7 Å². The van der Waals surface area contributed by atoms with Gasteiger partial charge in [-0.15, -0.1) is 0 Å². The zero-order valence-electron chi connectivity index (χ0n) is 10.4. The molecule has 1 fully saturated rings. The van der Waals surface area contributed by atoms with E-state index in [2.05, 4.69) is 0 Å². The van der Waals surface area contributed by atoms with Crippen molar-refractivity contribution in [3.8, 4) is 0 Å². The number of benzene rings is 1. The zero-order valence-corrected chi connectivity index (χ0v) is 12.7. The lowest BCUT2D eigenvalue weighted by Crippen LogP contribution is -2.42. The van der Waals surface area contributed by atoms with Crippen LogP contribution in [0.4, 0.5) is 0 Å². The maximum absolute atomic E-state index is 12.6. The fraction of sp³-hybridized carbons (Fsp3) is 0.417. The van der Waals surface area contributed by atoms with E-state index in [0.717, 1.165) is 4.31 Å². The maximum Gasteiger partial charge on any atom is 0.307 e. The highest BCUT2D eigenvalue weighted by Crippen LogP contribution is 2.33. The Morgan fingerprint density at radius 2 is 1.90 bits per heavy atom. The van der Waals surface area contributed by atoms with E-state index >= 15 is 0 Å². The minimum Gasteiger partial charge on any atom is -0.481 e. The molecule has 110 valence electrons. The van der Waals surface area contributed by atoms with Crippen LogP contribution in [-0.2, 0) is 14.8 Å². The minimum atomic E-state index is -3.88. The molecule has 5 nitrogen and oxygen atoms in total. The molecule has 1 aromatic carbocycles. The van der Waals surface area contributed by atoms with E-state index in [1.807, 2.05) is 0 Å². The number of piperidine rings is 1. The van der Waals surface area contributed by atoms with Gasteiger partial charge in [-0.2, -0.15) is 4.31 Å². The van der Waals surface area contributed by atoms with Crippen LogP contribution in [0.15, 0.2) is 23.1 Å². The first kappa shape index (κ1) is 15.6. The highest BCUT2D eigenvalue weighted by atomic mass is 35.5. The van der Waals surface area contributed by atoms with Gasteiger partial charge in [-0.25, -0.2) is 8.42 Å². The van der Waals surface area contributed by atoms with Crippen molar-refractivity contribution in [3.05, 3.63) is 28.2 Å². The summed E-state index contributed by atoms with van der Waals surface area (Å²) in [5.41, 5.74) is 0. The zero-order chi connectivity index (χ0) is 14.9. The predicted molar refractivity (Wildman–Crippen MR) is 75.6 cm³/mol. The normalized spacial score (nSPS) is 20.8. The molecule has 0 bridgehead atoms. The quantitative estimate of drug-likeness (QED) is 0.919. The monoisotopic (exact) mass is 337 g/mol. The Balaban J connectivity index is 2.38. The van der Waals surface area contributed by atoms with E-state index in [1.54, 1.807) is 6.07 Å². The molecule has 1 saturated heterocycles. The van der Waals surface area contributed by atoms with Gasteiger partial charge in [0.05, 0.1) is 16.0 Å². The first-order chi connectivity index (χ1) is 9.34. The molecule has 8 heteroatoms. The standard InChI is InChI=1S/C12H13Cl2NO4S/c13-9-4-1-5-10(14)11(9)20(18,19)15-6-2-3-8(7-15)12(16)17/h1,4-5,8H,2-3,6-7H2,(H,16,17). The third-order valence-corrected chi connectivity index (χ3v) is 6.07. The van der Waals surface area contributed by atoms with Gasteiger partial charge in [0, 0.05) is 13.1 Å². The molecule has 1 atom stereocenters. The second kappa shape index (κ2) is 5.89. The van der Waals surface area contributed by atoms with E-state index in [-0.39, 0.29) is 28.0 Å². The van der Waals surface area contributed by atoms with Crippen LogP contribution in [0.2, 0.25) is 10.0 Å². The van der Waals surface area contributed by atoms with Gasteiger partial charge in [0.15, 0.2) is 0 Å². The number of carboxylic acids is 1. The molecule has 0 spiro atoms. The third-order valence-electron chi connectivity index (χ3n) is 3.25. The van der Waals surface area contributed by atoms with E-state index in [9.17, 15) is 13.2 Å². The van der Waals surface area contributed by atoms with Gasteiger partial charge >= 0.3 is 5.97 Å². The molecule has 0 aliphatic carbocycles. The smallest absolute Gasteiger partial charge is 0.307 e. The SMILES string of the molecule is O=C(O)C1CCCN(S(=O)(=O)c2c(Cl)cccc2Cl)C1. The number of aliphatic carboxylic acids is 1.